The van der Waals surface area contributed by atoms with Gasteiger partial charge in [0.2, 0.25) is 0 Å². The molecule has 2 aromatic rings. The number of amides is 1. The zero-order chi connectivity index (χ0) is 13.7. The first-order chi connectivity index (χ1) is 9.16. The number of aromatic carboxylic acids is 1. The second-order valence-electron chi connectivity index (χ2n) is 3.97. The summed E-state index contributed by atoms with van der Waals surface area (Å²) in [5.41, 5.74) is 1.58. The standard InChI is InChI=1S/C15H12NO3/c17-14(16-10-11-4-2-1-3-5-11)12-6-8-13(9-7-12)15(18)19/h2-9H,10H2,(H,16,17)(H,18,19). The second-order valence-corrected chi connectivity index (χ2v) is 3.97. The van der Waals surface area contributed by atoms with Gasteiger partial charge in [-0.25, -0.2) is 4.79 Å². The maximum atomic E-state index is 11.8. The van der Waals surface area contributed by atoms with E-state index in [1.807, 2.05) is 12.1 Å². The smallest absolute Gasteiger partial charge is 0.335 e. The SMILES string of the molecule is O=C(O)c1ccc(C(=O)NCc2cc[c]cc2)cc1. The molecular formula is C15H12NO3. The highest BCUT2D eigenvalue weighted by atomic mass is 16.4. The highest BCUT2D eigenvalue weighted by Gasteiger charge is 2.07. The fraction of sp³-hybridized carbons (Fsp3) is 0.0667. The number of benzene rings is 2. The fourth-order valence-corrected chi connectivity index (χ4v) is 1.59. The summed E-state index contributed by atoms with van der Waals surface area (Å²) in [7, 11) is 0. The molecule has 19 heavy (non-hydrogen) atoms. The molecule has 0 fully saturated rings. The lowest BCUT2D eigenvalue weighted by atomic mass is 10.1. The zero-order valence-corrected chi connectivity index (χ0v) is 10.1. The molecule has 0 bridgehead atoms. The van der Waals surface area contributed by atoms with Crippen molar-refractivity contribution in [3.8, 4) is 0 Å². The minimum Gasteiger partial charge on any atom is -0.478 e. The summed E-state index contributed by atoms with van der Waals surface area (Å²) >= 11 is 0. The van der Waals surface area contributed by atoms with Gasteiger partial charge in [-0.3, -0.25) is 4.79 Å². The molecule has 1 radical (unpaired) electrons. The maximum absolute atomic E-state index is 11.8. The van der Waals surface area contributed by atoms with Gasteiger partial charge in [-0.1, -0.05) is 24.3 Å². The maximum Gasteiger partial charge on any atom is 0.335 e. The Labute approximate surface area is 110 Å². The molecule has 0 spiro atoms. The lowest BCUT2D eigenvalue weighted by Gasteiger charge is -2.05. The number of hydrogen-bond donors (Lipinski definition) is 2. The number of carbonyl (C=O) groups excluding carboxylic acids is 1. The summed E-state index contributed by atoms with van der Waals surface area (Å²) in [4.78, 5) is 22.5. The van der Waals surface area contributed by atoms with Gasteiger partial charge in [-0.05, 0) is 35.9 Å². The number of hydrogen-bond acceptors (Lipinski definition) is 2. The van der Waals surface area contributed by atoms with Crippen molar-refractivity contribution in [3.05, 3.63) is 71.3 Å². The molecule has 0 heterocycles. The van der Waals surface area contributed by atoms with Crippen LogP contribution in [-0.2, 0) is 6.54 Å². The third-order valence-electron chi connectivity index (χ3n) is 2.63. The average molecular weight is 254 g/mol. The van der Waals surface area contributed by atoms with E-state index in [1.54, 1.807) is 12.1 Å². The molecule has 0 unspecified atom stereocenters. The van der Waals surface area contributed by atoms with Gasteiger partial charge < -0.3 is 10.4 Å². The topological polar surface area (TPSA) is 66.4 Å². The van der Waals surface area contributed by atoms with Gasteiger partial charge in [0.1, 0.15) is 0 Å². The normalized spacial score (nSPS) is 9.89. The first-order valence-corrected chi connectivity index (χ1v) is 5.73. The molecule has 0 atom stereocenters. The number of carbonyl (C=O) groups is 2. The zero-order valence-electron chi connectivity index (χ0n) is 10.1. The molecule has 4 heteroatoms. The summed E-state index contributed by atoms with van der Waals surface area (Å²) in [6, 6.07) is 16.0. The summed E-state index contributed by atoms with van der Waals surface area (Å²) in [6.07, 6.45) is 0. The van der Waals surface area contributed by atoms with Crippen LogP contribution in [0.5, 0.6) is 0 Å². The lowest BCUT2D eigenvalue weighted by Crippen LogP contribution is -2.22. The number of rotatable bonds is 4. The highest BCUT2D eigenvalue weighted by molar-refractivity contribution is 5.95. The molecular weight excluding hydrogens is 242 g/mol. The van der Waals surface area contributed by atoms with Crippen LogP contribution >= 0.6 is 0 Å². The van der Waals surface area contributed by atoms with Crippen molar-refractivity contribution >= 4 is 11.9 Å². The van der Waals surface area contributed by atoms with E-state index in [4.69, 9.17) is 5.11 Å². The van der Waals surface area contributed by atoms with E-state index < -0.39 is 5.97 Å². The minimum absolute atomic E-state index is 0.162. The lowest BCUT2D eigenvalue weighted by molar-refractivity contribution is 0.0696. The van der Waals surface area contributed by atoms with Gasteiger partial charge in [0.25, 0.3) is 5.91 Å². The van der Waals surface area contributed by atoms with E-state index in [2.05, 4.69) is 11.4 Å². The highest BCUT2D eigenvalue weighted by Crippen LogP contribution is 2.05. The molecule has 2 N–H and O–H groups in total. The Kier molecular flexibility index (Phi) is 3.93. The summed E-state index contributed by atoms with van der Waals surface area (Å²) in [6.45, 7) is 0.425. The monoisotopic (exact) mass is 254 g/mol. The Morgan fingerprint density at radius 2 is 1.58 bits per heavy atom. The summed E-state index contributed by atoms with van der Waals surface area (Å²) in [5.74, 6) is -1.24. The molecule has 0 saturated carbocycles. The van der Waals surface area contributed by atoms with Gasteiger partial charge >= 0.3 is 5.97 Å². The van der Waals surface area contributed by atoms with Crippen molar-refractivity contribution in [1.29, 1.82) is 0 Å². The van der Waals surface area contributed by atoms with E-state index in [0.717, 1.165) is 5.56 Å². The molecule has 95 valence electrons. The molecule has 0 aromatic heterocycles. The average Bonchev–Trinajstić information content (AvgIpc) is 2.46. The van der Waals surface area contributed by atoms with Crippen molar-refractivity contribution in [2.45, 2.75) is 6.54 Å². The first-order valence-electron chi connectivity index (χ1n) is 5.73. The number of nitrogens with one attached hydrogen (secondary N) is 1. The van der Waals surface area contributed by atoms with Crippen molar-refractivity contribution in [2.75, 3.05) is 0 Å². The predicted molar refractivity (Wildman–Crippen MR) is 69.8 cm³/mol. The molecule has 0 aliphatic carbocycles. The van der Waals surface area contributed by atoms with Crippen LogP contribution in [-0.4, -0.2) is 17.0 Å². The van der Waals surface area contributed by atoms with Gasteiger partial charge in [-0.2, -0.15) is 0 Å². The Hall–Kier alpha value is -2.62. The molecule has 2 rings (SSSR count). The van der Waals surface area contributed by atoms with E-state index >= 15 is 0 Å². The van der Waals surface area contributed by atoms with Gasteiger partial charge in [-0.15, -0.1) is 0 Å². The van der Waals surface area contributed by atoms with Crippen LogP contribution in [0.15, 0.2) is 48.5 Å². The first kappa shape index (κ1) is 12.8. The molecule has 0 saturated heterocycles. The largest absolute Gasteiger partial charge is 0.478 e. The fourth-order valence-electron chi connectivity index (χ4n) is 1.59. The van der Waals surface area contributed by atoms with Gasteiger partial charge in [0.15, 0.2) is 0 Å². The Bertz CT molecular complexity index is 576. The molecule has 2 aromatic carbocycles. The van der Waals surface area contributed by atoms with Crippen LogP contribution < -0.4 is 5.32 Å². The molecule has 1 amide bonds. The molecule has 0 aliphatic heterocycles. The molecule has 4 nitrogen and oxygen atoms in total. The van der Waals surface area contributed by atoms with Crippen LogP contribution in [0.1, 0.15) is 26.3 Å². The van der Waals surface area contributed by atoms with Gasteiger partial charge in [0.05, 0.1) is 5.56 Å². The van der Waals surface area contributed by atoms with Crippen LogP contribution in [0.3, 0.4) is 0 Å². The van der Waals surface area contributed by atoms with Crippen LogP contribution in [0.2, 0.25) is 0 Å². The minimum atomic E-state index is -1.01. The van der Waals surface area contributed by atoms with Crippen molar-refractivity contribution in [3.63, 3.8) is 0 Å². The summed E-state index contributed by atoms with van der Waals surface area (Å²) < 4.78 is 0. The van der Waals surface area contributed by atoms with Crippen LogP contribution in [0, 0.1) is 6.07 Å². The molecule has 0 aliphatic rings. The quantitative estimate of drug-likeness (QED) is 0.878. The number of carboxylic acid groups (broad SMARTS) is 1. The van der Waals surface area contributed by atoms with Crippen molar-refractivity contribution in [1.82, 2.24) is 5.32 Å². The number of carboxylic acids is 1. The third-order valence-corrected chi connectivity index (χ3v) is 2.63. The Balaban J connectivity index is 1.98. The summed E-state index contributed by atoms with van der Waals surface area (Å²) in [5, 5.41) is 11.5. The van der Waals surface area contributed by atoms with Crippen molar-refractivity contribution < 1.29 is 14.7 Å². The Morgan fingerprint density at radius 3 is 2.16 bits per heavy atom. The predicted octanol–water partition coefficient (Wildman–Crippen LogP) is 2.11. The van der Waals surface area contributed by atoms with E-state index in [1.165, 1.54) is 24.3 Å². The van der Waals surface area contributed by atoms with Crippen LogP contribution in [0.25, 0.3) is 0 Å². The third kappa shape index (κ3) is 3.42. The second kappa shape index (κ2) is 5.82. The van der Waals surface area contributed by atoms with E-state index in [9.17, 15) is 9.59 Å². The van der Waals surface area contributed by atoms with Crippen LogP contribution in [0.4, 0.5) is 0 Å². The van der Waals surface area contributed by atoms with Gasteiger partial charge in [0, 0.05) is 12.1 Å². The van der Waals surface area contributed by atoms with Crippen molar-refractivity contribution in [2.24, 2.45) is 0 Å². The Morgan fingerprint density at radius 1 is 1.00 bits per heavy atom. The van der Waals surface area contributed by atoms with E-state index in [0.29, 0.717) is 12.1 Å². The van der Waals surface area contributed by atoms with E-state index in [-0.39, 0.29) is 11.5 Å².